The van der Waals surface area contributed by atoms with Gasteiger partial charge < -0.3 is 5.32 Å². The summed E-state index contributed by atoms with van der Waals surface area (Å²) in [5.41, 5.74) is 2.05. The summed E-state index contributed by atoms with van der Waals surface area (Å²) in [7, 11) is 0. The Labute approximate surface area is 91.7 Å². The Bertz CT molecular complexity index is 289. The zero-order chi connectivity index (χ0) is 11.3. The number of aryl methyl sites for hydroxylation is 1. The van der Waals surface area contributed by atoms with E-state index in [2.05, 4.69) is 25.2 Å². The van der Waals surface area contributed by atoms with Gasteiger partial charge in [-0.15, -0.1) is 0 Å². The zero-order valence-electron chi connectivity index (χ0n) is 9.81. The van der Waals surface area contributed by atoms with Crippen LogP contribution in [0.1, 0.15) is 43.9 Å². The minimum Gasteiger partial charge on any atom is -0.310 e. The maximum absolute atomic E-state index is 13.2. The summed E-state index contributed by atoms with van der Waals surface area (Å²) in [6.45, 7) is 7.16. The Hall–Kier alpha value is -0.890. The average Bonchev–Trinajstić information content (AvgIpc) is 2.17. The second-order valence-electron chi connectivity index (χ2n) is 3.98. The Morgan fingerprint density at radius 2 is 2.00 bits per heavy atom. The van der Waals surface area contributed by atoms with Crippen LogP contribution in [0.5, 0.6) is 0 Å². The van der Waals surface area contributed by atoms with Crippen molar-refractivity contribution in [3.8, 4) is 0 Å². The number of rotatable bonds is 5. The van der Waals surface area contributed by atoms with Crippen LogP contribution in [-0.2, 0) is 0 Å². The Balaban J connectivity index is 2.81. The fourth-order valence-corrected chi connectivity index (χ4v) is 1.78. The standard InChI is InChI=1S/C13H20FN/c1-4-6-15-13(5-2)11-7-10(3)8-12(14)9-11/h7-9,13,15H,4-6H2,1-3H3. The van der Waals surface area contributed by atoms with Gasteiger partial charge in [0.05, 0.1) is 0 Å². The lowest BCUT2D eigenvalue weighted by molar-refractivity contribution is 0.513. The van der Waals surface area contributed by atoms with E-state index in [4.69, 9.17) is 0 Å². The number of benzene rings is 1. The Kier molecular flexibility index (Phi) is 4.76. The van der Waals surface area contributed by atoms with Crippen molar-refractivity contribution in [1.82, 2.24) is 5.32 Å². The molecule has 0 aromatic heterocycles. The summed E-state index contributed by atoms with van der Waals surface area (Å²) in [5.74, 6) is -0.137. The van der Waals surface area contributed by atoms with E-state index < -0.39 is 0 Å². The molecule has 1 aromatic carbocycles. The third-order valence-electron chi connectivity index (χ3n) is 2.52. The van der Waals surface area contributed by atoms with Crippen LogP contribution in [0.3, 0.4) is 0 Å². The zero-order valence-corrected chi connectivity index (χ0v) is 9.81. The molecule has 0 aliphatic rings. The predicted octanol–water partition coefficient (Wildman–Crippen LogP) is 3.58. The molecule has 0 bridgehead atoms. The summed E-state index contributed by atoms with van der Waals surface area (Å²) in [5, 5.41) is 3.42. The first-order valence-corrected chi connectivity index (χ1v) is 5.67. The lowest BCUT2D eigenvalue weighted by atomic mass is 10.0. The van der Waals surface area contributed by atoms with Crippen molar-refractivity contribution in [2.45, 2.75) is 39.7 Å². The van der Waals surface area contributed by atoms with Gasteiger partial charge in [0.25, 0.3) is 0 Å². The highest BCUT2D eigenvalue weighted by Gasteiger charge is 2.09. The van der Waals surface area contributed by atoms with Crippen molar-refractivity contribution < 1.29 is 4.39 Å². The molecule has 84 valence electrons. The fourth-order valence-electron chi connectivity index (χ4n) is 1.78. The van der Waals surface area contributed by atoms with E-state index in [-0.39, 0.29) is 11.9 Å². The topological polar surface area (TPSA) is 12.0 Å². The predicted molar refractivity (Wildman–Crippen MR) is 62.5 cm³/mol. The van der Waals surface area contributed by atoms with E-state index in [0.29, 0.717) is 0 Å². The summed E-state index contributed by atoms with van der Waals surface area (Å²) < 4.78 is 13.2. The molecule has 1 atom stereocenters. The van der Waals surface area contributed by atoms with E-state index in [1.807, 2.05) is 6.92 Å². The van der Waals surface area contributed by atoms with Crippen LogP contribution < -0.4 is 5.32 Å². The van der Waals surface area contributed by atoms with Crippen LogP contribution >= 0.6 is 0 Å². The number of halogens is 1. The molecular formula is C13H20FN. The first kappa shape index (κ1) is 12.2. The minimum atomic E-state index is -0.137. The third-order valence-corrected chi connectivity index (χ3v) is 2.52. The van der Waals surface area contributed by atoms with Gasteiger partial charge in [-0.2, -0.15) is 0 Å². The first-order chi connectivity index (χ1) is 7.17. The van der Waals surface area contributed by atoms with E-state index in [0.717, 1.165) is 30.5 Å². The monoisotopic (exact) mass is 209 g/mol. The van der Waals surface area contributed by atoms with Crippen LogP contribution in [0.2, 0.25) is 0 Å². The molecular weight excluding hydrogens is 189 g/mol. The van der Waals surface area contributed by atoms with E-state index in [1.54, 1.807) is 12.1 Å². The molecule has 0 aliphatic heterocycles. The second kappa shape index (κ2) is 5.86. The normalized spacial score (nSPS) is 12.8. The number of hydrogen-bond donors (Lipinski definition) is 1. The van der Waals surface area contributed by atoms with Crippen LogP contribution in [-0.4, -0.2) is 6.54 Å². The van der Waals surface area contributed by atoms with Crippen LogP contribution in [0, 0.1) is 12.7 Å². The van der Waals surface area contributed by atoms with E-state index >= 15 is 0 Å². The molecule has 1 rings (SSSR count). The molecule has 0 spiro atoms. The lowest BCUT2D eigenvalue weighted by Crippen LogP contribution is -2.21. The third kappa shape index (κ3) is 3.63. The lowest BCUT2D eigenvalue weighted by Gasteiger charge is -2.17. The molecule has 0 saturated carbocycles. The van der Waals surface area contributed by atoms with Gasteiger partial charge in [-0.3, -0.25) is 0 Å². The van der Waals surface area contributed by atoms with Crippen molar-refractivity contribution in [3.05, 3.63) is 35.1 Å². The van der Waals surface area contributed by atoms with Crippen LogP contribution in [0.4, 0.5) is 4.39 Å². The van der Waals surface area contributed by atoms with Gasteiger partial charge in [0.2, 0.25) is 0 Å². The highest BCUT2D eigenvalue weighted by atomic mass is 19.1. The van der Waals surface area contributed by atoms with Gasteiger partial charge >= 0.3 is 0 Å². The number of hydrogen-bond acceptors (Lipinski definition) is 1. The van der Waals surface area contributed by atoms with Crippen molar-refractivity contribution >= 4 is 0 Å². The first-order valence-electron chi connectivity index (χ1n) is 5.67. The van der Waals surface area contributed by atoms with Crippen molar-refractivity contribution in [3.63, 3.8) is 0 Å². The molecule has 1 aromatic rings. The fraction of sp³-hybridized carbons (Fsp3) is 0.538. The van der Waals surface area contributed by atoms with E-state index in [9.17, 15) is 4.39 Å². The maximum atomic E-state index is 13.2. The van der Waals surface area contributed by atoms with Gasteiger partial charge in [0.1, 0.15) is 5.82 Å². The molecule has 1 nitrogen and oxygen atoms in total. The Morgan fingerprint density at radius 1 is 1.27 bits per heavy atom. The second-order valence-corrected chi connectivity index (χ2v) is 3.98. The highest BCUT2D eigenvalue weighted by Crippen LogP contribution is 2.19. The van der Waals surface area contributed by atoms with Crippen molar-refractivity contribution in [2.24, 2.45) is 0 Å². The largest absolute Gasteiger partial charge is 0.310 e. The SMILES string of the molecule is CCCNC(CC)c1cc(C)cc(F)c1. The summed E-state index contributed by atoms with van der Waals surface area (Å²) in [6, 6.07) is 5.53. The molecule has 0 saturated heterocycles. The quantitative estimate of drug-likeness (QED) is 0.781. The van der Waals surface area contributed by atoms with Crippen LogP contribution in [0.25, 0.3) is 0 Å². The Morgan fingerprint density at radius 3 is 2.53 bits per heavy atom. The molecule has 0 aliphatic carbocycles. The molecule has 0 heterocycles. The van der Waals surface area contributed by atoms with Crippen molar-refractivity contribution in [1.29, 1.82) is 0 Å². The van der Waals surface area contributed by atoms with Gasteiger partial charge in [0.15, 0.2) is 0 Å². The van der Waals surface area contributed by atoms with Gasteiger partial charge in [0, 0.05) is 6.04 Å². The molecule has 2 heteroatoms. The summed E-state index contributed by atoms with van der Waals surface area (Å²) in [6.07, 6.45) is 2.09. The van der Waals surface area contributed by atoms with Gasteiger partial charge in [-0.1, -0.05) is 19.9 Å². The molecule has 1 N–H and O–H groups in total. The molecule has 15 heavy (non-hydrogen) atoms. The minimum absolute atomic E-state index is 0.137. The summed E-state index contributed by atoms with van der Waals surface area (Å²) >= 11 is 0. The average molecular weight is 209 g/mol. The van der Waals surface area contributed by atoms with Crippen LogP contribution in [0.15, 0.2) is 18.2 Å². The smallest absolute Gasteiger partial charge is 0.123 e. The molecule has 0 amide bonds. The number of nitrogens with one attached hydrogen (secondary N) is 1. The molecule has 1 unspecified atom stereocenters. The van der Waals surface area contributed by atoms with Gasteiger partial charge in [-0.25, -0.2) is 4.39 Å². The highest BCUT2D eigenvalue weighted by molar-refractivity contribution is 5.26. The maximum Gasteiger partial charge on any atom is 0.123 e. The van der Waals surface area contributed by atoms with Crippen molar-refractivity contribution in [2.75, 3.05) is 6.54 Å². The molecule has 0 radical (unpaired) electrons. The van der Waals surface area contributed by atoms with Gasteiger partial charge in [-0.05, 0) is 49.6 Å². The van der Waals surface area contributed by atoms with E-state index in [1.165, 1.54) is 0 Å². The molecule has 0 fully saturated rings. The summed E-state index contributed by atoms with van der Waals surface area (Å²) in [4.78, 5) is 0.